The maximum Gasteiger partial charge on any atom is 0.391 e. The van der Waals surface area contributed by atoms with Crippen molar-refractivity contribution in [3.8, 4) is 0 Å². The van der Waals surface area contributed by atoms with Gasteiger partial charge < -0.3 is 20.3 Å². The third-order valence-corrected chi connectivity index (χ3v) is 6.52. The number of imidazole rings is 1. The molecule has 0 amide bonds. The number of aliphatic hydroxyl groups excluding tert-OH is 2. The first kappa shape index (κ1) is 23.6. The lowest BCUT2D eigenvalue weighted by Crippen LogP contribution is -2.30. The summed E-state index contributed by atoms with van der Waals surface area (Å²) in [5, 5.41) is 24.1. The minimum Gasteiger partial charge on any atom is -0.387 e. The number of rotatable bonds is 5. The van der Waals surface area contributed by atoms with Crippen LogP contribution in [0.25, 0.3) is 17.2 Å². The second kappa shape index (κ2) is 9.17. The van der Waals surface area contributed by atoms with Gasteiger partial charge in [0, 0.05) is 11.6 Å². The molecule has 1 aliphatic carbocycles. The molecule has 35 heavy (non-hydrogen) atoms. The summed E-state index contributed by atoms with van der Waals surface area (Å²) < 4.78 is 60.2. The average molecular weight is 493 g/mol. The summed E-state index contributed by atoms with van der Waals surface area (Å²) in [6.45, 7) is 0. The van der Waals surface area contributed by atoms with Crippen LogP contribution in [0, 0.1) is 11.7 Å². The molecule has 3 N–H and O–H groups in total. The SMILES string of the molecule is O[C@@H]1[C@H](O)C(C=Cc2ccccc2F)O[C@H]1n1cnc2c(NC3CCC(C(F)(F)F)C3)ncnc21. The van der Waals surface area contributed by atoms with E-state index in [0.717, 1.165) is 0 Å². The molecular formula is C23H23F4N5O3. The van der Waals surface area contributed by atoms with Crippen molar-refractivity contribution in [1.29, 1.82) is 0 Å². The van der Waals surface area contributed by atoms with Crippen molar-refractivity contribution in [3.05, 3.63) is 54.4 Å². The molecule has 6 atom stereocenters. The van der Waals surface area contributed by atoms with Gasteiger partial charge in [-0.1, -0.05) is 30.4 Å². The molecule has 2 fully saturated rings. The third-order valence-electron chi connectivity index (χ3n) is 6.52. The van der Waals surface area contributed by atoms with Gasteiger partial charge in [-0.2, -0.15) is 13.2 Å². The van der Waals surface area contributed by atoms with Crippen LogP contribution in [0.2, 0.25) is 0 Å². The minimum absolute atomic E-state index is 0.0472. The van der Waals surface area contributed by atoms with Crippen LogP contribution in [0.1, 0.15) is 31.1 Å². The molecule has 1 saturated carbocycles. The lowest BCUT2D eigenvalue weighted by molar-refractivity contribution is -0.172. The van der Waals surface area contributed by atoms with Gasteiger partial charge in [0.05, 0.1) is 12.2 Å². The van der Waals surface area contributed by atoms with Crippen molar-refractivity contribution in [3.63, 3.8) is 0 Å². The van der Waals surface area contributed by atoms with E-state index >= 15 is 0 Å². The molecule has 0 bridgehead atoms. The van der Waals surface area contributed by atoms with Gasteiger partial charge in [0.2, 0.25) is 0 Å². The zero-order valence-electron chi connectivity index (χ0n) is 18.3. The van der Waals surface area contributed by atoms with Crippen LogP contribution in [0.5, 0.6) is 0 Å². The second-order valence-corrected chi connectivity index (χ2v) is 8.79. The smallest absolute Gasteiger partial charge is 0.387 e. The number of hydrogen-bond acceptors (Lipinski definition) is 7. The predicted molar refractivity (Wildman–Crippen MR) is 117 cm³/mol. The Bertz CT molecular complexity index is 1230. The maximum atomic E-state index is 13.9. The van der Waals surface area contributed by atoms with Gasteiger partial charge in [-0.05, 0) is 25.3 Å². The van der Waals surface area contributed by atoms with E-state index < -0.39 is 48.5 Å². The Hall–Kier alpha value is -3.09. The van der Waals surface area contributed by atoms with Crippen molar-refractivity contribution >= 4 is 23.1 Å². The van der Waals surface area contributed by atoms with Crippen molar-refractivity contribution in [2.75, 3.05) is 5.32 Å². The van der Waals surface area contributed by atoms with Crippen molar-refractivity contribution in [2.24, 2.45) is 5.92 Å². The summed E-state index contributed by atoms with van der Waals surface area (Å²) in [6.07, 6.45) is -2.96. The number of nitrogens with one attached hydrogen (secondary N) is 1. The maximum absolute atomic E-state index is 13.9. The third kappa shape index (κ3) is 4.60. The Balaban J connectivity index is 1.34. The van der Waals surface area contributed by atoms with Crippen LogP contribution in [-0.2, 0) is 4.74 Å². The predicted octanol–water partition coefficient (Wildman–Crippen LogP) is 3.44. The number of benzene rings is 1. The summed E-state index contributed by atoms with van der Waals surface area (Å²) in [7, 11) is 0. The highest BCUT2D eigenvalue weighted by Crippen LogP contribution is 2.40. The molecule has 1 saturated heterocycles. The number of aliphatic hydroxyl groups is 2. The Morgan fingerprint density at radius 2 is 1.89 bits per heavy atom. The highest BCUT2D eigenvalue weighted by Gasteiger charge is 2.45. The van der Waals surface area contributed by atoms with E-state index in [-0.39, 0.29) is 24.3 Å². The lowest BCUT2D eigenvalue weighted by atomic mass is 10.1. The van der Waals surface area contributed by atoms with Gasteiger partial charge in [-0.3, -0.25) is 4.57 Å². The van der Waals surface area contributed by atoms with Crippen molar-refractivity contribution in [1.82, 2.24) is 19.5 Å². The molecular weight excluding hydrogens is 470 g/mol. The van der Waals surface area contributed by atoms with Crippen LogP contribution in [-0.4, -0.2) is 60.3 Å². The normalized spacial score (nSPS) is 29.4. The summed E-state index contributed by atoms with van der Waals surface area (Å²) in [5.74, 6) is -1.51. The highest BCUT2D eigenvalue weighted by atomic mass is 19.4. The van der Waals surface area contributed by atoms with E-state index in [0.29, 0.717) is 17.5 Å². The van der Waals surface area contributed by atoms with Crippen LogP contribution in [0.4, 0.5) is 23.4 Å². The zero-order valence-corrected chi connectivity index (χ0v) is 18.3. The van der Waals surface area contributed by atoms with Crippen molar-refractivity contribution < 1.29 is 32.5 Å². The second-order valence-electron chi connectivity index (χ2n) is 8.79. The number of nitrogens with zero attached hydrogens (tertiary/aromatic N) is 4. The van der Waals surface area contributed by atoms with Gasteiger partial charge in [0.1, 0.15) is 30.5 Å². The Morgan fingerprint density at radius 3 is 2.63 bits per heavy atom. The van der Waals surface area contributed by atoms with E-state index in [1.807, 2.05) is 0 Å². The first-order valence-corrected chi connectivity index (χ1v) is 11.2. The summed E-state index contributed by atoms with van der Waals surface area (Å²) in [6, 6.07) is 5.69. The van der Waals surface area contributed by atoms with Crippen LogP contribution < -0.4 is 5.32 Å². The standard InChI is InChI=1S/C23H23F4N5O3/c24-15-4-2-1-3-12(15)5-8-16-18(33)19(34)22(35-16)32-11-30-17-20(28-10-29-21(17)32)31-14-7-6-13(9-14)23(25,26)27/h1-5,8,10-11,13-14,16,18-19,22,33-34H,6-7,9H2,(H,28,29,31)/t13?,14?,16?,18-,19-,22-/m1/s1. The Morgan fingerprint density at radius 1 is 1.09 bits per heavy atom. The van der Waals surface area contributed by atoms with Crippen LogP contribution in [0.15, 0.2) is 43.0 Å². The van der Waals surface area contributed by atoms with Gasteiger partial charge in [-0.25, -0.2) is 19.3 Å². The molecule has 12 heteroatoms. The molecule has 0 radical (unpaired) electrons. The van der Waals surface area contributed by atoms with Crippen molar-refractivity contribution in [2.45, 2.75) is 56.0 Å². The fourth-order valence-electron chi connectivity index (χ4n) is 4.63. The molecule has 2 aliphatic rings. The first-order chi connectivity index (χ1) is 16.7. The number of ether oxygens (including phenoxy) is 1. The van der Waals surface area contributed by atoms with Gasteiger partial charge >= 0.3 is 6.18 Å². The number of fused-ring (bicyclic) bond motifs is 1. The molecule has 2 aromatic heterocycles. The van der Waals surface area contributed by atoms with E-state index in [1.54, 1.807) is 18.2 Å². The monoisotopic (exact) mass is 493 g/mol. The lowest BCUT2D eigenvalue weighted by Gasteiger charge is -2.17. The Kier molecular flexibility index (Phi) is 6.20. The average Bonchev–Trinajstić information content (AvgIpc) is 3.53. The molecule has 1 aromatic carbocycles. The number of aromatic nitrogens is 4. The van der Waals surface area contributed by atoms with E-state index in [2.05, 4.69) is 20.3 Å². The molecule has 1 aliphatic heterocycles. The van der Waals surface area contributed by atoms with Crippen LogP contribution in [0.3, 0.4) is 0 Å². The fraction of sp³-hybridized carbons (Fsp3) is 0.435. The van der Waals surface area contributed by atoms with Gasteiger partial charge in [-0.15, -0.1) is 0 Å². The van der Waals surface area contributed by atoms with E-state index in [4.69, 9.17) is 4.74 Å². The number of hydrogen-bond donors (Lipinski definition) is 3. The molecule has 8 nitrogen and oxygen atoms in total. The molecule has 5 rings (SSSR count). The molecule has 3 unspecified atom stereocenters. The number of anilines is 1. The van der Waals surface area contributed by atoms with Gasteiger partial charge in [0.25, 0.3) is 0 Å². The zero-order chi connectivity index (χ0) is 24.7. The summed E-state index contributed by atoms with van der Waals surface area (Å²) in [4.78, 5) is 12.6. The molecule has 186 valence electrons. The largest absolute Gasteiger partial charge is 0.391 e. The molecule has 3 heterocycles. The molecule has 3 aromatic rings. The highest BCUT2D eigenvalue weighted by molar-refractivity contribution is 5.82. The quantitative estimate of drug-likeness (QED) is 0.468. The minimum atomic E-state index is -4.23. The topological polar surface area (TPSA) is 105 Å². The first-order valence-electron chi connectivity index (χ1n) is 11.2. The van der Waals surface area contributed by atoms with Crippen LogP contribution >= 0.6 is 0 Å². The Labute approximate surface area is 197 Å². The fourth-order valence-corrected chi connectivity index (χ4v) is 4.63. The summed E-state index contributed by atoms with van der Waals surface area (Å²) >= 11 is 0. The van der Waals surface area contributed by atoms with E-state index in [1.165, 1.54) is 35.4 Å². The van der Waals surface area contributed by atoms with E-state index in [9.17, 15) is 27.8 Å². The van der Waals surface area contributed by atoms with Gasteiger partial charge in [0.15, 0.2) is 23.2 Å². The molecule has 0 spiro atoms. The number of alkyl halides is 3. The summed E-state index contributed by atoms with van der Waals surface area (Å²) in [5.41, 5.74) is 0.888. The number of halogens is 4.